The molecule has 5 heteroatoms. The highest BCUT2D eigenvalue weighted by Crippen LogP contribution is 2.24. The van der Waals surface area contributed by atoms with E-state index in [0.29, 0.717) is 12.0 Å². The van der Waals surface area contributed by atoms with E-state index in [1.54, 1.807) is 0 Å². The van der Waals surface area contributed by atoms with Gasteiger partial charge in [0.2, 0.25) is 0 Å². The first-order valence-corrected chi connectivity index (χ1v) is 7.12. The van der Waals surface area contributed by atoms with Gasteiger partial charge < -0.3 is 0 Å². The quantitative estimate of drug-likeness (QED) is 0.426. The lowest BCUT2D eigenvalue weighted by Crippen LogP contribution is -2.51. The zero-order valence-electron chi connectivity index (χ0n) is 11.6. The molecule has 1 amide bonds. The van der Waals surface area contributed by atoms with Crippen molar-refractivity contribution in [1.29, 1.82) is 0 Å². The van der Waals surface area contributed by atoms with Crippen LogP contribution in [0.15, 0.2) is 0 Å². The fourth-order valence-corrected chi connectivity index (χ4v) is 3.40. The molecule has 2 aliphatic rings. The monoisotopic (exact) mass is 254 g/mol. The molecular weight excluding hydrogens is 228 g/mol. The fraction of sp³-hybridized carbons (Fsp3) is 0.923. The van der Waals surface area contributed by atoms with Crippen LogP contribution in [0.5, 0.6) is 0 Å². The molecule has 0 aromatic carbocycles. The second kappa shape index (κ2) is 5.99. The van der Waals surface area contributed by atoms with Crippen LogP contribution in [0.4, 0.5) is 0 Å². The summed E-state index contributed by atoms with van der Waals surface area (Å²) in [5.74, 6) is 5.55. The molecule has 3 N–H and O–H groups in total. The Morgan fingerprint density at radius 1 is 1.28 bits per heavy atom. The highest BCUT2D eigenvalue weighted by molar-refractivity contribution is 5.81. The van der Waals surface area contributed by atoms with E-state index in [1.807, 2.05) is 0 Å². The molecule has 0 saturated carbocycles. The summed E-state index contributed by atoms with van der Waals surface area (Å²) in [6.45, 7) is 8.65. The van der Waals surface area contributed by atoms with Gasteiger partial charge in [-0.15, -0.1) is 0 Å². The summed E-state index contributed by atoms with van der Waals surface area (Å²) in [5, 5.41) is 0. The highest BCUT2D eigenvalue weighted by atomic mass is 16.2. The molecule has 0 aromatic rings. The summed E-state index contributed by atoms with van der Waals surface area (Å²) in [7, 11) is 0. The van der Waals surface area contributed by atoms with Crippen LogP contribution in [0.1, 0.15) is 33.1 Å². The van der Waals surface area contributed by atoms with Crippen molar-refractivity contribution in [1.82, 2.24) is 15.2 Å². The van der Waals surface area contributed by atoms with Crippen molar-refractivity contribution in [3.05, 3.63) is 0 Å². The molecule has 2 unspecified atom stereocenters. The van der Waals surface area contributed by atoms with Crippen molar-refractivity contribution in [2.45, 2.75) is 45.2 Å². The minimum atomic E-state index is -0.0809. The first-order valence-electron chi connectivity index (χ1n) is 7.12. The molecule has 0 bridgehead atoms. The predicted octanol–water partition coefficient (Wildman–Crippen LogP) is 0.171. The van der Waals surface area contributed by atoms with Crippen LogP contribution >= 0.6 is 0 Å². The maximum Gasteiger partial charge on any atom is 0.251 e. The Bertz CT molecular complexity index is 289. The summed E-state index contributed by atoms with van der Waals surface area (Å²) in [5.41, 5.74) is 2.31. The van der Waals surface area contributed by atoms with Crippen molar-refractivity contribution >= 4 is 5.91 Å². The smallest absolute Gasteiger partial charge is 0.251 e. The number of likely N-dealkylation sites (tertiary alicyclic amines) is 2. The molecule has 5 nitrogen and oxygen atoms in total. The van der Waals surface area contributed by atoms with Crippen LogP contribution in [0.25, 0.3) is 0 Å². The van der Waals surface area contributed by atoms with E-state index in [9.17, 15) is 4.79 Å². The molecule has 2 aliphatic heterocycles. The largest absolute Gasteiger partial charge is 0.299 e. The maximum atomic E-state index is 11.9. The average molecular weight is 254 g/mol. The fourth-order valence-electron chi connectivity index (χ4n) is 3.40. The Morgan fingerprint density at radius 3 is 2.50 bits per heavy atom. The molecule has 0 radical (unpaired) electrons. The van der Waals surface area contributed by atoms with E-state index in [2.05, 4.69) is 29.1 Å². The van der Waals surface area contributed by atoms with Crippen molar-refractivity contribution < 1.29 is 4.79 Å². The SMILES string of the molecule is CC(C)C(C(=O)NN)N1CCC(N2CCCC2)C1. The van der Waals surface area contributed by atoms with Gasteiger partial charge in [-0.3, -0.25) is 20.0 Å². The van der Waals surface area contributed by atoms with Gasteiger partial charge >= 0.3 is 0 Å². The Labute approximate surface area is 110 Å². The van der Waals surface area contributed by atoms with Crippen molar-refractivity contribution in [2.75, 3.05) is 26.2 Å². The number of rotatable bonds is 4. The molecule has 2 heterocycles. The number of amides is 1. The number of hydrogen-bond donors (Lipinski definition) is 2. The van der Waals surface area contributed by atoms with Crippen LogP contribution in [0, 0.1) is 5.92 Å². The van der Waals surface area contributed by atoms with E-state index in [0.717, 1.165) is 13.1 Å². The van der Waals surface area contributed by atoms with Crippen LogP contribution in [0.3, 0.4) is 0 Å². The van der Waals surface area contributed by atoms with Crippen LogP contribution in [0.2, 0.25) is 0 Å². The van der Waals surface area contributed by atoms with Gasteiger partial charge in [0.1, 0.15) is 0 Å². The molecule has 2 fully saturated rings. The van der Waals surface area contributed by atoms with Gasteiger partial charge in [-0.1, -0.05) is 13.8 Å². The second-order valence-corrected chi connectivity index (χ2v) is 5.88. The first-order chi connectivity index (χ1) is 8.63. The standard InChI is InChI=1S/C13H26N4O/c1-10(2)12(13(18)15-14)17-8-5-11(9-17)16-6-3-4-7-16/h10-12H,3-9,14H2,1-2H3,(H,15,18). The zero-order chi connectivity index (χ0) is 13.1. The number of carbonyl (C=O) groups is 1. The molecule has 0 spiro atoms. The van der Waals surface area contributed by atoms with Crippen LogP contribution in [-0.2, 0) is 4.79 Å². The lowest BCUT2D eigenvalue weighted by Gasteiger charge is -2.30. The van der Waals surface area contributed by atoms with Crippen LogP contribution in [-0.4, -0.2) is 54.0 Å². The number of carbonyl (C=O) groups excluding carboxylic acids is 1. The predicted molar refractivity (Wildman–Crippen MR) is 71.7 cm³/mol. The topological polar surface area (TPSA) is 61.6 Å². The number of nitrogens with one attached hydrogen (secondary N) is 1. The van der Waals surface area contributed by atoms with Crippen molar-refractivity contribution in [3.63, 3.8) is 0 Å². The minimum Gasteiger partial charge on any atom is -0.299 e. The van der Waals surface area contributed by atoms with Gasteiger partial charge in [-0.25, -0.2) is 5.84 Å². The normalized spacial score (nSPS) is 27.9. The number of hydrazine groups is 1. The molecule has 104 valence electrons. The molecular formula is C13H26N4O. The third-order valence-corrected chi connectivity index (χ3v) is 4.29. The first kappa shape index (κ1) is 13.8. The lowest BCUT2D eigenvalue weighted by molar-refractivity contribution is -0.127. The van der Waals surface area contributed by atoms with E-state index < -0.39 is 0 Å². The van der Waals surface area contributed by atoms with Crippen molar-refractivity contribution in [2.24, 2.45) is 11.8 Å². The Balaban J connectivity index is 1.95. The van der Waals surface area contributed by atoms with E-state index >= 15 is 0 Å². The number of nitrogens with zero attached hydrogens (tertiary/aromatic N) is 2. The van der Waals surface area contributed by atoms with Gasteiger partial charge in [-0.05, 0) is 38.3 Å². The lowest BCUT2D eigenvalue weighted by atomic mass is 10.0. The summed E-state index contributed by atoms with van der Waals surface area (Å²) < 4.78 is 0. The van der Waals surface area contributed by atoms with Gasteiger partial charge in [-0.2, -0.15) is 0 Å². The van der Waals surface area contributed by atoms with Gasteiger partial charge in [0.05, 0.1) is 6.04 Å². The second-order valence-electron chi connectivity index (χ2n) is 5.88. The van der Waals surface area contributed by atoms with Crippen molar-refractivity contribution in [3.8, 4) is 0 Å². The van der Waals surface area contributed by atoms with E-state index in [1.165, 1.54) is 32.4 Å². The summed E-state index contributed by atoms with van der Waals surface area (Å²) in [4.78, 5) is 16.8. The summed E-state index contributed by atoms with van der Waals surface area (Å²) in [6, 6.07) is 0.557. The molecule has 2 saturated heterocycles. The van der Waals surface area contributed by atoms with Crippen LogP contribution < -0.4 is 11.3 Å². The summed E-state index contributed by atoms with van der Waals surface area (Å²) >= 11 is 0. The summed E-state index contributed by atoms with van der Waals surface area (Å²) in [6.07, 6.45) is 3.84. The Hall–Kier alpha value is -0.650. The van der Waals surface area contributed by atoms with E-state index in [4.69, 9.17) is 5.84 Å². The number of hydrogen-bond acceptors (Lipinski definition) is 4. The van der Waals surface area contributed by atoms with E-state index in [-0.39, 0.29) is 11.9 Å². The molecule has 2 atom stereocenters. The average Bonchev–Trinajstić information content (AvgIpc) is 2.98. The Kier molecular flexibility index (Phi) is 4.59. The molecule has 2 rings (SSSR count). The van der Waals surface area contributed by atoms with Gasteiger partial charge in [0.15, 0.2) is 0 Å². The molecule has 0 aliphatic carbocycles. The third-order valence-electron chi connectivity index (χ3n) is 4.29. The molecule has 0 aromatic heterocycles. The Morgan fingerprint density at radius 2 is 1.94 bits per heavy atom. The highest BCUT2D eigenvalue weighted by Gasteiger charge is 2.36. The third kappa shape index (κ3) is 2.84. The van der Waals surface area contributed by atoms with Gasteiger partial charge in [0.25, 0.3) is 5.91 Å². The molecule has 18 heavy (non-hydrogen) atoms. The minimum absolute atomic E-state index is 0.0490. The zero-order valence-corrected chi connectivity index (χ0v) is 11.6. The number of nitrogens with two attached hydrogens (primary N) is 1. The van der Waals surface area contributed by atoms with Gasteiger partial charge in [0, 0.05) is 19.1 Å². The maximum absolute atomic E-state index is 11.9.